The van der Waals surface area contributed by atoms with Gasteiger partial charge in [0.25, 0.3) is 0 Å². The zero-order valence-corrected chi connectivity index (χ0v) is 11.0. The molecule has 17 heavy (non-hydrogen) atoms. The third-order valence-corrected chi connectivity index (χ3v) is 3.69. The Balaban J connectivity index is 2.00. The molecule has 1 aliphatic rings. The van der Waals surface area contributed by atoms with Gasteiger partial charge in [-0.1, -0.05) is 25.6 Å². The van der Waals surface area contributed by atoms with E-state index in [9.17, 15) is 0 Å². The minimum atomic E-state index is 0.361. The Hall–Kier alpha value is -1.09. The fourth-order valence-corrected chi connectivity index (χ4v) is 2.47. The van der Waals surface area contributed by atoms with Gasteiger partial charge in [0, 0.05) is 5.56 Å². The Kier molecular flexibility index (Phi) is 4.00. The molecule has 2 nitrogen and oxygen atoms in total. The van der Waals surface area contributed by atoms with Crippen molar-refractivity contribution < 1.29 is 4.74 Å². The quantitative estimate of drug-likeness (QED) is 0.835. The van der Waals surface area contributed by atoms with Crippen molar-refractivity contribution in [2.75, 3.05) is 0 Å². The summed E-state index contributed by atoms with van der Waals surface area (Å²) in [6.07, 6.45) is 5.41. The van der Waals surface area contributed by atoms with Crippen LogP contribution in [0.15, 0.2) is 24.3 Å². The predicted octanol–water partition coefficient (Wildman–Crippen LogP) is 3.28. The molecule has 0 spiro atoms. The summed E-state index contributed by atoms with van der Waals surface area (Å²) < 4.78 is 6.02. The minimum absolute atomic E-state index is 0.361. The molecular formula is C14H19NOS. The summed E-state index contributed by atoms with van der Waals surface area (Å²) >= 11 is 4.92. The van der Waals surface area contributed by atoms with E-state index in [2.05, 4.69) is 6.92 Å². The Morgan fingerprint density at radius 2 is 1.88 bits per heavy atom. The first kappa shape index (κ1) is 12.4. The van der Waals surface area contributed by atoms with E-state index in [1.54, 1.807) is 0 Å². The highest BCUT2D eigenvalue weighted by molar-refractivity contribution is 7.80. The number of benzene rings is 1. The van der Waals surface area contributed by atoms with Crippen molar-refractivity contribution in [3.63, 3.8) is 0 Å². The van der Waals surface area contributed by atoms with Gasteiger partial charge < -0.3 is 10.5 Å². The van der Waals surface area contributed by atoms with Gasteiger partial charge in [-0.2, -0.15) is 0 Å². The summed E-state index contributed by atoms with van der Waals surface area (Å²) in [5.41, 5.74) is 6.45. The molecule has 0 amide bonds. The van der Waals surface area contributed by atoms with E-state index < -0.39 is 0 Å². The average molecular weight is 249 g/mol. The molecule has 1 aliphatic carbocycles. The van der Waals surface area contributed by atoms with Gasteiger partial charge in [0.2, 0.25) is 0 Å². The number of ether oxygens (including phenoxy) is 1. The van der Waals surface area contributed by atoms with Gasteiger partial charge in [-0.25, -0.2) is 0 Å². The molecule has 3 heteroatoms. The maximum atomic E-state index is 6.02. The second-order valence-electron chi connectivity index (χ2n) is 4.81. The number of rotatable bonds is 3. The summed E-state index contributed by atoms with van der Waals surface area (Å²) in [5.74, 6) is 1.57. The molecule has 2 atom stereocenters. The van der Waals surface area contributed by atoms with Crippen LogP contribution in [0.5, 0.6) is 5.75 Å². The first-order chi connectivity index (χ1) is 8.16. The fraction of sp³-hybridized carbons (Fsp3) is 0.500. The Morgan fingerprint density at radius 1 is 1.24 bits per heavy atom. The van der Waals surface area contributed by atoms with Crippen LogP contribution in [0.4, 0.5) is 0 Å². The molecule has 1 aromatic rings. The zero-order valence-electron chi connectivity index (χ0n) is 10.2. The first-order valence-corrected chi connectivity index (χ1v) is 6.64. The summed E-state index contributed by atoms with van der Waals surface area (Å²) in [6, 6.07) is 7.75. The topological polar surface area (TPSA) is 35.2 Å². The highest BCUT2D eigenvalue weighted by atomic mass is 32.1. The second kappa shape index (κ2) is 5.50. The maximum absolute atomic E-state index is 6.02. The smallest absolute Gasteiger partial charge is 0.119 e. The number of thiocarbonyl (C=S) groups is 1. The Morgan fingerprint density at radius 3 is 2.47 bits per heavy atom. The Bertz CT molecular complexity index is 388. The van der Waals surface area contributed by atoms with E-state index >= 15 is 0 Å². The number of hydrogen-bond donors (Lipinski definition) is 1. The minimum Gasteiger partial charge on any atom is -0.490 e. The van der Waals surface area contributed by atoms with Gasteiger partial charge in [0.1, 0.15) is 16.8 Å². The highest BCUT2D eigenvalue weighted by Crippen LogP contribution is 2.28. The molecule has 92 valence electrons. The molecule has 2 rings (SSSR count). The average Bonchev–Trinajstić information content (AvgIpc) is 2.33. The van der Waals surface area contributed by atoms with Gasteiger partial charge in [-0.3, -0.25) is 0 Å². The summed E-state index contributed by atoms with van der Waals surface area (Å²) in [6.45, 7) is 2.27. The summed E-state index contributed by atoms with van der Waals surface area (Å²) in [4.78, 5) is 0.433. The van der Waals surface area contributed by atoms with E-state index in [0.717, 1.165) is 17.7 Å². The first-order valence-electron chi connectivity index (χ1n) is 6.23. The van der Waals surface area contributed by atoms with Gasteiger partial charge in [-0.15, -0.1) is 0 Å². The van der Waals surface area contributed by atoms with Crippen molar-refractivity contribution in [1.29, 1.82) is 0 Å². The molecule has 1 aromatic carbocycles. The predicted molar refractivity (Wildman–Crippen MR) is 74.4 cm³/mol. The normalized spacial score (nSPS) is 24.3. The maximum Gasteiger partial charge on any atom is 0.119 e. The molecule has 2 unspecified atom stereocenters. The summed E-state index contributed by atoms with van der Waals surface area (Å²) in [7, 11) is 0. The van der Waals surface area contributed by atoms with Crippen molar-refractivity contribution in [3.8, 4) is 5.75 Å². The molecule has 1 saturated carbocycles. The molecule has 0 heterocycles. The van der Waals surface area contributed by atoms with Crippen LogP contribution in [-0.2, 0) is 0 Å². The van der Waals surface area contributed by atoms with Crippen molar-refractivity contribution >= 4 is 17.2 Å². The van der Waals surface area contributed by atoms with Crippen LogP contribution in [0.1, 0.15) is 38.2 Å². The van der Waals surface area contributed by atoms with E-state index in [0.29, 0.717) is 17.0 Å². The van der Waals surface area contributed by atoms with E-state index in [1.807, 2.05) is 24.3 Å². The van der Waals surface area contributed by atoms with Crippen molar-refractivity contribution in [1.82, 2.24) is 0 Å². The SMILES string of the molecule is CC1CCCCC1Oc1ccc(C(N)=S)cc1. The monoisotopic (exact) mass is 249 g/mol. The van der Waals surface area contributed by atoms with Crippen LogP contribution < -0.4 is 10.5 Å². The van der Waals surface area contributed by atoms with Crippen molar-refractivity contribution in [2.24, 2.45) is 11.7 Å². The second-order valence-corrected chi connectivity index (χ2v) is 5.25. The van der Waals surface area contributed by atoms with Crippen LogP contribution in [-0.4, -0.2) is 11.1 Å². The molecule has 1 fully saturated rings. The lowest BCUT2D eigenvalue weighted by Crippen LogP contribution is -2.28. The highest BCUT2D eigenvalue weighted by Gasteiger charge is 2.22. The molecule has 0 aliphatic heterocycles. The van der Waals surface area contributed by atoms with E-state index in [1.165, 1.54) is 19.3 Å². The molecular weight excluding hydrogens is 230 g/mol. The fourth-order valence-electron chi connectivity index (χ4n) is 2.33. The van der Waals surface area contributed by atoms with Gasteiger partial charge in [0.15, 0.2) is 0 Å². The lowest BCUT2D eigenvalue weighted by molar-refractivity contribution is 0.102. The van der Waals surface area contributed by atoms with Crippen LogP contribution in [0.25, 0.3) is 0 Å². The van der Waals surface area contributed by atoms with Crippen LogP contribution in [0.2, 0.25) is 0 Å². The van der Waals surface area contributed by atoms with Crippen LogP contribution >= 0.6 is 12.2 Å². The summed E-state index contributed by atoms with van der Waals surface area (Å²) in [5, 5.41) is 0. The van der Waals surface area contributed by atoms with Gasteiger partial charge in [-0.05, 0) is 49.4 Å². The van der Waals surface area contributed by atoms with Crippen molar-refractivity contribution in [3.05, 3.63) is 29.8 Å². The lowest BCUT2D eigenvalue weighted by Gasteiger charge is -2.29. The lowest BCUT2D eigenvalue weighted by atomic mass is 9.88. The van der Waals surface area contributed by atoms with E-state index in [4.69, 9.17) is 22.7 Å². The van der Waals surface area contributed by atoms with Gasteiger partial charge >= 0.3 is 0 Å². The van der Waals surface area contributed by atoms with Crippen molar-refractivity contribution in [2.45, 2.75) is 38.7 Å². The Labute approximate surface area is 108 Å². The third-order valence-electron chi connectivity index (χ3n) is 3.46. The third kappa shape index (κ3) is 3.19. The number of hydrogen-bond acceptors (Lipinski definition) is 2. The van der Waals surface area contributed by atoms with Gasteiger partial charge in [0.05, 0.1) is 0 Å². The molecule has 0 saturated heterocycles. The largest absolute Gasteiger partial charge is 0.490 e. The molecule has 0 radical (unpaired) electrons. The van der Waals surface area contributed by atoms with Crippen LogP contribution in [0.3, 0.4) is 0 Å². The standard InChI is InChI=1S/C14H19NOS/c1-10-4-2-3-5-13(10)16-12-8-6-11(7-9-12)14(15)17/h6-10,13H,2-5H2,1H3,(H2,15,17). The zero-order chi connectivity index (χ0) is 12.3. The molecule has 0 bridgehead atoms. The molecule has 2 N–H and O–H groups in total. The van der Waals surface area contributed by atoms with E-state index in [-0.39, 0.29) is 0 Å². The number of nitrogens with two attached hydrogens (primary N) is 1. The molecule has 0 aromatic heterocycles. The van der Waals surface area contributed by atoms with Crippen LogP contribution in [0, 0.1) is 5.92 Å².